The van der Waals surface area contributed by atoms with Crippen molar-refractivity contribution >= 4 is 11.8 Å². The maximum absolute atomic E-state index is 9.46. The highest BCUT2D eigenvalue weighted by Gasteiger charge is 2.38. The number of aryl methyl sites for hydroxylation is 2. The molecule has 1 heterocycles. The van der Waals surface area contributed by atoms with Gasteiger partial charge >= 0.3 is 0 Å². The Kier molecular flexibility index (Phi) is 5.04. The van der Waals surface area contributed by atoms with E-state index in [9.17, 15) is 5.11 Å². The van der Waals surface area contributed by atoms with Gasteiger partial charge in [0.15, 0.2) is 5.16 Å². The van der Waals surface area contributed by atoms with Crippen LogP contribution in [-0.4, -0.2) is 33.0 Å². The van der Waals surface area contributed by atoms with Gasteiger partial charge in [0, 0.05) is 22.7 Å². The second-order valence-electron chi connectivity index (χ2n) is 5.92. The molecule has 0 aromatic carbocycles. The van der Waals surface area contributed by atoms with Crippen LogP contribution in [0.15, 0.2) is 5.16 Å². The van der Waals surface area contributed by atoms with E-state index in [1.165, 1.54) is 5.56 Å². The van der Waals surface area contributed by atoms with Crippen LogP contribution in [0, 0.1) is 26.7 Å². The van der Waals surface area contributed by atoms with Gasteiger partial charge in [0.2, 0.25) is 0 Å². The third kappa shape index (κ3) is 3.32. The van der Waals surface area contributed by atoms with Crippen molar-refractivity contribution in [3.63, 3.8) is 0 Å². The van der Waals surface area contributed by atoms with Crippen molar-refractivity contribution < 1.29 is 5.11 Å². The molecule has 1 aromatic heterocycles. The number of nitrogens with zero attached hydrogens (tertiary/aromatic N) is 2. The van der Waals surface area contributed by atoms with Crippen LogP contribution in [0.5, 0.6) is 0 Å². The molecule has 1 aliphatic rings. The van der Waals surface area contributed by atoms with Crippen molar-refractivity contribution in [1.29, 1.82) is 0 Å². The van der Waals surface area contributed by atoms with Crippen molar-refractivity contribution in [3.8, 4) is 0 Å². The summed E-state index contributed by atoms with van der Waals surface area (Å²) in [6.07, 6.45) is 4.23. The number of rotatable bonds is 5. The topological polar surface area (TPSA) is 72.0 Å². The third-order valence-electron chi connectivity index (χ3n) is 4.61. The van der Waals surface area contributed by atoms with Gasteiger partial charge in [-0.05, 0) is 51.5 Å². The number of hydrogen-bond donors (Lipinski definition) is 2. The Morgan fingerprint density at radius 1 is 1.30 bits per heavy atom. The lowest BCUT2D eigenvalue weighted by Crippen LogP contribution is -2.47. The molecule has 0 radical (unpaired) electrons. The summed E-state index contributed by atoms with van der Waals surface area (Å²) in [5, 5.41) is 10.3. The van der Waals surface area contributed by atoms with Crippen LogP contribution in [0.2, 0.25) is 0 Å². The van der Waals surface area contributed by atoms with Crippen molar-refractivity contribution in [2.45, 2.75) is 57.1 Å². The number of aromatic nitrogens is 2. The minimum Gasteiger partial charge on any atom is -0.394 e. The summed E-state index contributed by atoms with van der Waals surface area (Å²) in [6.45, 7) is 6.21. The predicted molar refractivity (Wildman–Crippen MR) is 82.9 cm³/mol. The van der Waals surface area contributed by atoms with E-state index in [1.54, 1.807) is 11.8 Å². The molecular weight excluding hydrogens is 270 g/mol. The van der Waals surface area contributed by atoms with Gasteiger partial charge < -0.3 is 10.8 Å². The Balaban J connectivity index is 1.90. The fourth-order valence-corrected chi connectivity index (χ4v) is 3.90. The van der Waals surface area contributed by atoms with Gasteiger partial charge in [-0.3, -0.25) is 0 Å². The van der Waals surface area contributed by atoms with E-state index >= 15 is 0 Å². The maximum Gasteiger partial charge on any atom is 0.187 e. The number of aliphatic hydroxyl groups excluding tert-OH is 1. The first-order valence-electron chi connectivity index (χ1n) is 7.30. The lowest BCUT2D eigenvalue weighted by molar-refractivity contribution is 0.158. The molecule has 4 nitrogen and oxygen atoms in total. The van der Waals surface area contributed by atoms with Gasteiger partial charge in [0.1, 0.15) is 0 Å². The summed E-state index contributed by atoms with van der Waals surface area (Å²) in [5.74, 6) is 1.39. The van der Waals surface area contributed by atoms with E-state index in [-0.39, 0.29) is 12.1 Å². The molecule has 2 atom stereocenters. The minimum absolute atomic E-state index is 0.0988. The van der Waals surface area contributed by atoms with E-state index in [0.717, 1.165) is 48.0 Å². The van der Waals surface area contributed by atoms with E-state index in [1.807, 2.05) is 13.8 Å². The Morgan fingerprint density at radius 3 is 2.55 bits per heavy atom. The molecule has 112 valence electrons. The molecule has 0 saturated heterocycles. The van der Waals surface area contributed by atoms with E-state index in [0.29, 0.717) is 5.92 Å². The highest BCUT2D eigenvalue weighted by molar-refractivity contribution is 7.99. The number of thioether (sulfide) groups is 1. The van der Waals surface area contributed by atoms with Crippen molar-refractivity contribution in [2.24, 2.45) is 11.7 Å². The number of aliphatic hydroxyl groups is 1. The molecule has 2 rings (SSSR count). The highest BCUT2D eigenvalue weighted by atomic mass is 32.2. The first-order valence-corrected chi connectivity index (χ1v) is 8.29. The molecule has 0 aliphatic heterocycles. The van der Waals surface area contributed by atoms with Crippen molar-refractivity contribution in [2.75, 3.05) is 12.4 Å². The summed E-state index contributed by atoms with van der Waals surface area (Å²) >= 11 is 1.70. The zero-order chi connectivity index (χ0) is 14.8. The molecule has 0 bridgehead atoms. The summed E-state index contributed by atoms with van der Waals surface area (Å²) in [5.41, 5.74) is 9.19. The predicted octanol–water partition coefficient (Wildman–Crippen LogP) is 2.37. The van der Waals surface area contributed by atoms with Gasteiger partial charge in [-0.1, -0.05) is 18.2 Å². The Morgan fingerprint density at radius 2 is 1.95 bits per heavy atom. The Labute approximate surface area is 125 Å². The number of nitrogens with two attached hydrogens (primary N) is 1. The van der Waals surface area contributed by atoms with Crippen LogP contribution in [0.1, 0.15) is 42.6 Å². The average Bonchev–Trinajstić information content (AvgIpc) is 2.78. The Hall–Kier alpha value is -0.650. The fraction of sp³-hybridized carbons (Fsp3) is 0.733. The van der Waals surface area contributed by atoms with Crippen LogP contribution in [0.4, 0.5) is 0 Å². The molecule has 1 fully saturated rings. The lowest BCUT2D eigenvalue weighted by atomic mass is 9.87. The molecule has 0 spiro atoms. The molecule has 1 saturated carbocycles. The standard InChI is InChI=1S/C15H25N3OS/c1-10-11(2)17-14(18-12(10)3)20-8-6-13-5-4-7-15(13,16)9-19/h13,19H,4-9,16H2,1-3H3. The summed E-state index contributed by atoms with van der Waals surface area (Å²) in [7, 11) is 0. The first kappa shape index (κ1) is 15.7. The first-order chi connectivity index (χ1) is 9.46. The molecular formula is C15H25N3OS. The molecule has 0 amide bonds. The second kappa shape index (κ2) is 6.41. The summed E-state index contributed by atoms with van der Waals surface area (Å²) in [6, 6.07) is 0. The Bertz CT molecular complexity index is 457. The van der Waals surface area contributed by atoms with Gasteiger partial charge in [0.05, 0.1) is 6.61 Å². The van der Waals surface area contributed by atoms with Gasteiger partial charge in [0.25, 0.3) is 0 Å². The summed E-state index contributed by atoms with van der Waals surface area (Å²) in [4.78, 5) is 9.05. The summed E-state index contributed by atoms with van der Waals surface area (Å²) < 4.78 is 0. The third-order valence-corrected chi connectivity index (χ3v) is 5.49. The molecule has 20 heavy (non-hydrogen) atoms. The van der Waals surface area contributed by atoms with Crippen LogP contribution in [0.25, 0.3) is 0 Å². The zero-order valence-corrected chi connectivity index (χ0v) is 13.5. The van der Waals surface area contributed by atoms with Gasteiger partial charge in [-0.2, -0.15) is 0 Å². The smallest absolute Gasteiger partial charge is 0.187 e. The van der Waals surface area contributed by atoms with Crippen molar-refractivity contribution in [1.82, 2.24) is 9.97 Å². The number of hydrogen-bond acceptors (Lipinski definition) is 5. The van der Waals surface area contributed by atoms with Gasteiger partial charge in [-0.25, -0.2) is 9.97 Å². The maximum atomic E-state index is 9.46. The lowest BCUT2D eigenvalue weighted by Gasteiger charge is -2.29. The van der Waals surface area contributed by atoms with Crippen LogP contribution in [0.3, 0.4) is 0 Å². The van der Waals surface area contributed by atoms with Crippen molar-refractivity contribution in [3.05, 3.63) is 17.0 Å². The molecule has 2 unspecified atom stereocenters. The minimum atomic E-state index is -0.361. The van der Waals surface area contributed by atoms with E-state index in [2.05, 4.69) is 16.9 Å². The molecule has 1 aromatic rings. The van der Waals surface area contributed by atoms with Gasteiger partial charge in [-0.15, -0.1) is 0 Å². The van der Waals surface area contributed by atoms with Crippen LogP contribution < -0.4 is 5.73 Å². The largest absolute Gasteiger partial charge is 0.394 e. The average molecular weight is 295 g/mol. The molecule has 5 heteroatoms. The normalized spacial score (nSPS) is 26.1. The van der Waals surface area contributed by atoms with E-state index in [4.69, 9.17) is 5.73 Å². The fourth-order valence-electron chi connectivity index (χ4n) is 2.91. The quantitative estimate of drug-likeness (QED) is 0.644. The SMILES string of the molecule is Cc1nc(SCCC2CCCC2(N)CO)nc(C)c1C. The van der Waals surface area contributed by atoms with Crippen LogP contribution in [-0.2, 0) is 0 Å². The zero-order valence-electron chi connectivity index (χ0n) is 12.6. The highest BCUT2D eigenvalue weighted by Crippen LogP contribution is 2.36. The monoisotopic (exact) mass is 295 g/mol. The molecule has 1 aliphatic carbocycles. The molecule has 3 N–H and O–H groups in total. The van der Waals surface area contributed by atoms with E-state index < -0.39 is 0 Å². The second-order valence-corrected chi connectivity index (χ2v) is 6.98. The van der Waals surface area contributed by atoms with Crippen LogP contribution >= 0.6 is 11.8 Å².